The van der Waals surface area contributed by atoms with Gasteiger partial charge < -0.3 is 9.88 Å². The maximum Gasteiger partial charge on any atom is 0.148 e. The maximum atomic E-state index is 4.00. The Balaban J connectivity index is 0.000000276. The van der Waals surface area contributed by atoms with E-state index >= 15 is 0 Å². The van der Waals surface area contributed by atoms with Gasteiger partial charge in [0.15, 0.2) is 0 Å². The average molecular weight is 645 g/mol. The normalized spacial score (nSPS) is 13.6. The molecule has 0 fully saturated rings. The van der Waals surface area contributed by atoms with Gasteiger partial charge in [0.25, 0.3) is 0 Å². The topological polar surface area (TPSA) is 15.3 Å². The van der Waals surface area contributed by atoms with Crippen molar-refractivity contribution in [2.45, 2.75) is 45.8 Å². The number of allylic oxidation sites excluding steroid dienone is 5. The third-order valence-electron chi connectivity index (χ3n) is 7.58. The van der Waals surface area contributed by atoms with Crippen molar-refractivity contribution >= 4 is 31.5 Å². The minimum atomic E-state index is -1.85. The second kappa shape index (κ2) is 16.7. The Morgan fingerprint density at radius 1 is 0.600 bits per heavy atom. The molecule has 1 aliphatic carbocycles. The summed E-state index contributed by atoms with van der Waals surface area (Å²) in [6, 6.07) is 42.4. The van der Waals surface area contributed by atoms with Crippen LogP contribution in [0.5, 0.6) is 0 Å². The molecule has 0 heterocycles. The number of rotatable bonds is 8. The van der Waals surface area contributed by atoms with Crippen molar-refractivity contribution in [1.82, 2.24) is 9.88 Å². The van der Waals surface area contributed by atoms with Gasteiger partial charge in [-0.25, -0.2) is 0 Å². The van der Waals surface area contributed by atoms with E-state index in [-0.39, 0.29) is 27.3 Å². The van der Waals surface area contributed by atoms with Crippen molar-refractivity contribution in [3.05, 3.63) is 167 Å². The van der Waals surface area contributed by atoms with Gasteiger partial charge in [-0.3, -0.25) is 0 Å². The molecule has 0 bridgehead atoms. The molecule has 0 aromatic heterocycles. The molecular weight excluding hydrogens is 596 g/mol. The summed E-state index contributed by atoms with van der Waals surface area (Å²) < 4.78 is 0. The number of nitrogens with one attached hydrogen (secondary N) is 1. The predicted molar refractivity (Wildman–Crippen MR) is 196 cm³/mol. The smallest absolute Gasteiger partial charge is 0.148 e. The van der Waals surface area contributed by atoms with Gasteiger partial charge in [-0.15, -0.1) is 0 Å². The van der Waals surface area contributed by atoms with Crippen molar-refractivity contribution in [2.75, 3.05) is 14.1 Å². The van der Waals surface area contributed by atoms with E-state index in [4.69, 9.17) is 0 Å². The molecule has 0 radical (unpaired) electrons. The van der Waals surface area contributed by atoms with Gasteiger partial charge in [0.1, 0.15) is 8.24 Å². The third kappa shape index (κ3) is 10.5. The van der Waals surface area contributed by atoms with Crippen molar-refractivity contribution in [3.8, 4) is 0 Å². The summed E-state index contributed by atoms with van der Waals surface area (Å²) in [4.78, 5) is 6.31. The second-order valence-electron chi connectivity index (χ2n) is 13.0. The first-order valence-electron chi connectivity index (χ1n) is 15.5. The largest absolute Gasteiger partial charge is 0.380 e. The number of nitrogens with zero attached hydrogens (tertiary/aromatic N) is 1. The Morgan fingerprint density at radius 3 is 1.36 bits per heavy atom. The van der Waals surface area contributed by atoms with Crippen LogP contribution in [0.25, 0.3) is 23.3 Å². The van der Waals surface area contributed by atoms with Crippen molar-refractivity contribution < 1.29 is 21.7 Å². The Kier molecular flexibility index (Phi) is 13.4. The van der Waals surface area contributed by atoms with Crippen LogP contribution in [0, 0.1) is 0 Å². The Bertz CT molecular complexity index is 1550. The van der Waals surface area contributed by atoms with E-state index in [1.165, 1.54) is 39.1 Å². The molecule has 0 spiro atoms. The molecule has 230 valence electrons. The van der Waals surface area contributed by atoms with Gasteiger partial charge in [-0.1, -0.05) is 164 Å². The average Bonchev–Trinajstić information content (AvgIpc) is 3.43. The SMILES string of the molecule is C(C=Cc1ccccc1)=Cc1ccccc1.CN(C)C1=C(c2ccccc2)C(c2ccccc2)=C([Si](C)(C)NC(C)(C)C)C1.[Ti]. The Morgan fingerprint density at radius 2 is 0.978 bits per heavy atom. The molecule has 4 heteroatoms. The molecule has 45 heavy (non-hydrogen) atoms. The van der Waals surface area contributed by atoms with Crippen LogP contribution in [-0.4, -0.2) is 32.8 Å². The second-order valence-corrected chi connectivity index (χ2v) is 17.1. The molecule has 1 aliphatic rings. The zero-order valence-electron chi connectivity index (χ0n) is 28.0. The molecule has 0 saturated heterocycles. The van der Waals surface area contributed by atoms with Gasteiger partial charge >= 0.3 is 0 Å². The molecule has 5 rings (SSSR count). The monoisotopic (exact) mass is 644 g/mol. The molecule has 4 aromatic carbocycles. The molecule has 4 aromatic rings. The zero-order chi connectivity index (χ0) is 31.6. The van der Waals surface area contributed by atoms with E-state index in [0.29, 0.717) is 0 Å². The summed E-state index contributed by atoms with van der Waals surface area (Å²) in [6.07, 6.45) is 9.33. The molecule has 0 amide bonds. The fraction of sp³-hybridized carbons (Fsp3) is 0.220. The van der Waals surface area contributed by atoms with Gasteiger partial charge in [-0.2, -0.15) is 0 Å². The van der Waals surface area contributed by atoms with Crippen LogP contribution in [0.4, 0.5) is 0 Å². The molecule has 2 nitrogen and oxygen atoms in total. The summed E-state index contributed by atoms with van der Waals surface area (Å²) in [6.45, 7) is 11.7. The third-order valence-corrected chi connectivity index (χ3v) is 10.9. The number of hydrogen-bond donors (Lipinski definition) is 1. The first-order valence-corrected chi connectivity index (χ1v) is 18.5. The quantitative estimate of drug-likeness (QED) is 0.152. The predicted octanol–water partition coefficient (Wildman–Crippen LogP) is 10.4. The molecule has 0 atom stereocenters. The molecule has 0 aliphatic heterocycles. The van der Waals surface area contributed by atoms with Gasteiger partial charge in [0.2, 0.25) is 0 Å². The van der Waals surface area contributed by atoms with Crippen molar-refractivity contribution in [3.63, 3.8) is 0 Å². The van der Waals surface area contributed by atoms with Crippen LogP contribution in [0.15, 0.2) is 144 Å². The van der Waals surface area contributed by atoms with Gasteiger partial charge in [0.05, 0.1) is 0 Å². The summed E-state index contributed by atoms with van der Waals surface area (Å²) in [5.41, 5.74) is 9.41. The van der Waals surface area contributed by atoms with Crippen LogP contribution < -0.4 is 4.98 Å². The summed E-state index contributed by atoms with van der Waals surface area (Å²) in [7, 11) is 2.50. The van der Waals surface area contributed by atoms with E-state index in [9.17, 15) is 0 Å². The fourth-order valence-electron chi connectivity index (χ4n) is 5.87. The van der Waals surface area contributed by atoms with Gasteiger partial charge in [0, 0.05) is 59.0 Å². The van der Waals surface area contributed by atoms with Gasteiger partial charge in [-0.05, 0) is 48.6 Å². The molecule has 0 unspecified atom stereocenters. The van der Waals surface area contributed by atoms with Crippen LogP contribution in [0.2, 0.25) is 13.1 Å². The van der Waals surface area contributed by atoms with Crippen molar-refractivity contribution in [1.29, 1.82) is 0 Å². The standard InChI is InChI=1S/C25H34N2Si.C16H14.Ti/c1-25(2,3)26-28(6,7)22-18-21(27(4)5)23(19-14-10-8-11-15-19)24(22)20-16-12-9-13-17-20;1-3-9-15(10-4-1)13-7-8-14-16-11-5-2-6-12-16;/h8-17,26H,18H2,1-7H3;1-14H;. The fourth-order valence-corrected chi connectivity index (χ4v) is 9.40. The number of hydrogen-bond acceptors (Lipinski definition) is 2. The van der Waals surface area contributed by atoms with Crippen LogP contribution >= 0.6 is 0 Å². The maximum absolute atomic E-state index is 4.00. The zero-order valence-corrected chi connectivity index (χ0v) is 30.6. The molecule has 1 N–H and O–H groups in total. The minimum absolute atomic E-state index is 0. The van der Waals surface area contributed by atoms with E-state index in [2.05, 4.69) is 167 Å². The number of benzene rings is 4. The Labute approximate surface area is 288 Å². The Hall–Kier alpha value is -3.47. The van der Waals surface area contributed by atoms with E-state index in [1.807, 2.05) is 36.4 Å². The van der Waals surface area contributed by atoms with Crippen LogP contribution in [0.1, 0.15) is 49.4 Å². The molecular formula is C41H48N2SiTi. The minimum Gasteiger partial charge on any atom is -0.380 e. The van der Waals surface area contributed by atoms with E-state index < -0.39 is 8.24 Å². The van der Waals surface area contributed by atoms with E-state index in [1.54, 1.807) is 5.20 Å². The summed E-state index contributed by atoms with van der Waals surface area (Å²) in [5.74, 6) is 0. The van der Waals surface area contributed by atoms with Crippen molar-refractivity contribution in [2.24, 2.45) is 0 Å². The first kappa shape index (κ1) is 36.0. The summed E-state index contributed by atoms with van der Waals surface area (Å²) in [5, 5.41) is 1.59. The van der Waals surface area contributed by atoms with Crippen LogP contribution in [0.3, 0.4) is 0 Å². The first-order chi connectivity index (χ1) is 21.0. The van der Waals surface area contributed by atoms with E-state index in [0.717, 1.165) is 6.42 Å². The molecule has 0 saturated carbocycles. The summed E-state index contributed by atoms with van der Waals surface area (Å²) >= 11 is 0. The van der Waals surface area contributed by atoms with Crippen LogP contribution in [-0.2, 0) is 21.7 Å².